The lowest BCUT2D eigenvalue weighted by Gasteiger charge is -2.14. The molecule has 2 aromatic carbocycles. The van der Waals surface area contributed by atoms with Crippen LogP contribution in [-0.2, 0) is 0 Å². The smallest absolute Gasteiger partial charge is 0.133 e. The number of benzene rings is 2. The number of aryl methyl sites for hydroxylation is 1. The largest absolute Gasteiger partial charge is 0.496 e. The van der Waals surface area contributed by atoms with Gasteiger partial charge in [-0.1, -0.05) is 23.7 Å². The van der Waals surface area contributed by atoms with E-state index in [1.165, 1.54) is 0 Å². The predicted octanol–water partition coefficient (Wildman–Crippen LogP) is 4.50. The summed E-state index contributed by atoms with van der Waals surface area (Å²) >= 11 is 9.44. The normalized spacial score (nSPS) is 12.3. The number of hydrogen-bond donors (Lipinski definition) is 1. The fourth-order valence-corrected chi connectivity index (χ4v) is 2.82. The number of methoxy groups -OCH3 is 1. The van der Waals surface area contributed by atoms with Crippen molar-refractivity contribution >= 4 is 27.5 Å². The highest BCUT2D eigenvalue weighted by molar-refractivity contribution is 9.10. The Kier molecular flexibility index (Phi) is 4.50. The summed E-state index contributed by atoms with van der Waals surface area (Å²) < 4.78 is 5.98. The van der Waals surface area contributed by atoms with Gasteiger partial charge in [-0.25, -0.2) is 0 Å². The first kappa shape index (κ1) is 14.4. The highest BCUT2D eigenvalue weighted by atomic mass is 79.9. The van der Waals surface area contributed by atoms with E-state index in [0.29, 0.717) is 5.02 Å². The number of ether oxygens (including phenoxy) is 1. The van der Waals surface area contributed by atoms with Gasteiger partial charge in [0.25, 0.3) is 0 Å². The van der Waals surface area contributed by atoms with Crippen molar-refractivity contribution in [1.29, 1.82) is 0 Å². The Morgan fingerprint density at radius 1 is 1.16 bits per heavy atom. The summed E-state index contributed by atoms with van der Waals surface area (Å²) in [5.74, 6) is 0.734. The molecular weight excluding hydrogens is 328 g/mol. The fraction of sp³-hybridized carbons (Fsp3) is 0.200. The summed E-state index contributed by atoms with van der Waals surface area (Å²) in [5.41, 5.74) is 2.59. The van der Waals surface area contributed by atoms with Crippen molar-refractivity contribution in [2.45, 2.75) is 13.0 Å². The third kappa shape index (κ3) is 3.30. The number of aliphatic hydroxyl groups excluding tert-OH is 1. The first-order valence-electron chi connectivity index (χ1n) is 5.80. The van der Waals surface area contributed by atoms with E-state index in [1.807, 2.05) is 37.3 Å². The predicted molar refractivity (Wildman–Crippen MR) is 80.9 cm³/mol. The Labute approximate surface area is 126 Å². The molecule has 2 aromatic rings. The average molecular weight is 342 g/mol. The molecule has 0 aliphatic heterocycles. The third-order valence-electron chi connectivity index (χ3n) is 2.87. The zero-order chi connectivity index (χ0) is 14.0. The number of hydrogen-bond acceptors (Lipinski definition) is 2. The van der Waals surface area contributed by atoms with E-state index in [4.69, 9.17) is 16.3 Å². The summed E-state index contributed by atoms with van der Waals surface area (Å²) in [5, 5.41) is 11.0. The minimum atomic E-state index is -0.709. The second-order valence-electron chi connectivity index (χ2n) is 4.36. The SMILES string of the molecule is COc1ccc(C(O)c2cc(C)cc(Cl)c2)cc1Br. The van der Waals surface area contributed by atoms with Crippen LogP contribution in [0.4, 0.5) is 0 Å². The molecule has 4 heteroatoms. The summed E-state index contributed by atoms with van der Waals surface area (Å²) in [4.78, 5) is 0. The minimum Gasteiger partial charge on any atom is -0.496 e. The Morgan fingerprint density at radius 2 is 1.89 bits per heavy atom. The summed E-state index contributed by atoms with van der Waals surface area (Å²) in [6, 6.07) is 11.1. The molecule has 2 nitrogen and oxygen atoms in total. The molecule has 100 valence electrons. The van der Waals surface area contributed by atoms with Gasteiger partial charge in [-0.05, 0) is 63.8 Å². The van der Waals surface area contributed by atoms with Crippen molar-refractivity contribution in [2.75, 3.05) is 7.11 Å². The monoisotopic (exact) mass is 340 g/mol. The lowest BCUT2D eigenvalue weighted by atomic mass is 10.00. The van der Waals surface area contributed by atoms with Crippen LogP contribution in [0.15, 0.2) is 40.9 Å². The van der Waals surface area contributed by atoms with Gasteiger partial charge in [0.2, 0.25) is 0 Å². The molecule has 0 radical (unpaired) electrons. The molecule has 0 saturated carbocycles. The second kappa shape index (κ2) is 5.95. The number of rotatable bonds is 3. The van der Waals surface area contributed by atoms with Crippen LogP contribution in [0.25, 0.3) is 0 Å². The molecule has 0 amide bonds. The van der Waals surface area contributed by atoms with Crippen LogP contribution in [0.1, 0.15) is 22.8 Å². The standard InChI is InChI=1S/C15H14BrClO2/c1-9-5-11(7-12(17)6-9)15(18)10-3-4-14(19-2)13(16)8-10/h3-8,15,18H,1-2H3. The lowest BCUT2D eigenvalue weighted by Crippen LogP contribution is -2.00. The Bertz CT molecular complexity index is 578. The van der Waals surface area contributed by atoms with E-state index >= 15 is 0 Å². The van der Waals surface area contributed by atoms with Gasteiger partial charge in [0.05, 0.1) is 11.6 Å². The van der Waals surface area contributed by atoms with Gasteiger partial charge < -0.3 is 9.84 Å². The molecule has 2 rings (SSSR count). The van der Waals surface area contributed by atoms with E-state index in [-0.39, 0.29) is 0 Å². The van der Waals surface area contributed by atoms with Crippen LogP contribution in [-0.4, -0.2) is 12.2 Å². The van der Waals surface area contributed by atoms with Crippen molar-refractivity contribution in [3.05, 3.63) is 62.6 Å². The second-order valence-corrected chi connectivity index (χ2v) is 5.65. The van der Waals surface area contributed by atoms with Gasteiger partial charge in [0, 0.05) is 5.02 Å². The molecule has 0 fully saturated rings. The maximum Gasteiger partial charge on any atom is 0.133 e. The van der Waals surface area contributed by atoms with E-state index in [2.05, 4.69) is 15.9 Å². The van der Waals surface area contributed by atoms with Gasteiger partial charge in [0.15, 0.2) is 0 Å². The van der Waals surface area contributed by atoms with Crippen molar-refractivity contribution < 1.29 is 9.84 Å². The molecule has 0 aliphatic rings. The molecule has 0 aliphatic carbocycles. The van der Waals surface area contributed by atoms with E-state index in [0.717, 1.165) is 26.9 Å². The van der Waals surface area contributed by atoms with Gasteiger partial charge in [-0.15, -0.1) is 0 Å². The van der Waals surface area contributed by atoms with E-state index < -0.39 is 6.10 Å². The first-order valence-corrected chi connectivity index (χ1v) is 6.97. The molecule has 1 unspecified atom stereocenters. The van der Waals surface area contributed by atoms with Gasteiger partial charge in [-0.3, -0.25) is 0 Å². The van der Waals surface area contributed by atoms with Gasteiger partial charge >= 0.3 is 0 Å². The Hall–Kier alpha value is -1.03. The molecule has 0 spiro atoms. The molecule has 0 heterocycles. The minimum absolute atomic E-state index is 0.627. The maximum atomic E-state index is 10.4. The molecule has 19 heavy (non-hydrogen) atoms. The van der Waals surface area contributed by atoms with Crippen LogP contribution in [0.2, 0.25) is 5.02 Å². The zero-order valence-corrected chi connectivity index (χ0v) is 13.0. The van der Waals surface area contributed by atoms with Crippen molar-refractivity contribution in [2.24, 2.45) is 0 Å². The summed E-state index contributed by atoms with van der Waals surface area (Å²) in [6.45, 7) is 1.95. The highest BCUT2D eigenvalue weighted by Gasteiger charge is 2.13. The highest BCUT2D eigenvalue weighted by Crippen LogP contribution is 2.31. The van der Waals surface area contributed by atoms with Crippen molar-refractivity contribution in [3.63, 3.8) is 0 Å². The molecule has 0 aromatic heterocycles. The number of aliphatic hydroxyl groups is 1. The lowest BCUT2D eigenvalue weighted by molar-refractivity contribution is 0.220. The molecule has 1 atom stereocenters. The van der Waals surface area contributed by atoms with Crippen LogP contribution < -0.4 is 4.74 Å². The van der Waals surface area contributed by atoms with Crippen LogP contribution in [0, 0.1) is 6.92 Å². The average Bonchev–Trinajstić information content (AvgIpc) is 2.36. The van der Waals surface area contributed by atoms with Crippen LogP contribution in [0.5, 0.6) is 5.75 Å². The van der Waals surface area contributed by atoms with Gasteiger partial charge in [0.1, 0.15) is 11.9 Å². The quantitative estimate of drug-likeness (QED) is 0.890. The fourth-order valence-electron chi connectivity index (χ4n) is 1.97. The third-order valence-corrected chi connectivity index (χ3v) is 3.71. The first-order chi connectivity index (χ1) is 9.01. The molecule has 0 bridgehead atoms. The summed E-state index contributed by atoms with van der Waals surface area (Å²) in [7, 11) is 1.61. The zero-order valence-electron chi connectivity index (χ0n) is 10.7. The molecular formula is C15H14BrClO2. The van der Waals surface area contributed by atoms with E-state index in [9.17, 15) is 5.11 Å². The van der Waals surface area contributed by atoms with Crippen LogP contribution in [0.3, 0.4) is 0 Å². The maximum absolute atomic E-state index is 10.4. The Morgan fingerprint density at radius 3 is 2.47 bits per heavy atom. The molecule has 1 N–H and O–H groups in total. The van der Waals surface area contributed by atoms with Crippen LogP contribution >= 0.6 is 27.5 Å². The molecule has 0 saturated heterocycles. The Balaban J connectivity index is 2.38. The topological polar surface area (TPSA) is 29.5 Å². The van der Waals surface area contributed by atoms with Gasteiger partial charge in [-0.2, -0.15) is 0 Å². The summed E-state index contributed by atoms with van der Waals surface area (Å²) in [6.07, 6.45) is -0.709. The van der Waals surface area contributed by atoms with Crippen molar-refractivity contribution in [3.8, 4) is 5.75 Å². The van der Waals surface area contributed by atoms with E-state index in [1.54, 1.807) is 13.2 Å². The number of halogens is 2. The van der Waals surface area contributed by atoms with Crippen molar-refractivity contribution in [1.82, 2.24) is 0 Å².